The SMILES string of the molecule is COC(=O)c1ccc(C(N)C2CC2)nc1. The maximum atomic E-state index is 11.1. The number of nitrogens with zero attached hydrogens (tertiary/aromatic N) is 1. The van der Waals surface area contributed by atoms with E-state index in [2.05, 4.69) is 9.72 Å². The summed E-state index contributed by atoms with van der Waals surface area (Å²) in [4.78, 5) is 15.3. The van der Waals surface area contributed by atoms with Crippen molar-refractivity contribution in [3.63, 3.8) is 0 Å². The summed E-state index contributed by atoms with van der Waals surface area (Å²) in [5.74, 6) is 0.204. The Morgan fingerprint density at radius 2 is 2.33 bits per heavy atom. The minimum Gasteiger partial charge on any atom is -0.465 e. The fraction of sp³-hybridized carbons (Fsp3) is 0.455. The molecule has 15 heavy (non-hydrogen) atoms. The van der Waals surface area contributed by atoms with E-state index in [9.17, 15) is 4.79 Å². The molecule has 1 heterocycles. The highest BCUT2D eigenvalue weighted by molar-refractivity contribution is 5.88. The molecule has 1 atom stereocenters. The van der Waals surface area contributed by atoms with Crippen molar-refractivity contribution in [3.05, 3.63) is 29.6 Å². The van der Waals surface area contributed by atoms with Gasteiger partial charge in [-0.1, -0.05) is 0 Å². The number of ether oxygens (including phenoxy) is 1. The van der Waals surface area contributed by atoms with E-state index in [1.165, 1.54) is 26.1 Å². The van der Waals surface area contributed by atoms with Gasteiger partial charge in [0.05, 0.1) is 18.4 Å². The standard InChI is InChI=1S/C11H14N2O2/c1-15-11(14)8-4-5-9(13-6-8)10(12)7-2-3-7/h4-7,10H,2-3,12H2,1H3. The number of carbonyl (C=O) groups excluding carboxylic acids is 1. The summed E-state index contributed by atoms with van der Waals surface area (Å²) in [6.45, 7) is 0. The summed E-state index contributed by atoms with van der Waals surface area (Å²) in [6, 6.07) is 3.52. The molecule has 1 unspecified atom stereocenters. The predicted molar refractivity (Wildman–Crippen MR) is 55.2 cm³/mol. The number of hydrogen-bond acceptors (Lipinski definition) is 4. The predicted octanol–water partition coefficient (Wildman–Crippen LogP) is 1.28. The Labute approximate surface area is 88.4 Å². The van der Waals surface area contributed by atoms with Gasteiger partial charge in [-0.05, 0) is 30.9 Å². The van der Waals surface area contributed by atoms with E-state index in [4.69, 9.17) is 5.73 Å². The van der Waals surface area contributed by atoms with Crippen molar-refractivity contribution in [2.45, 2.75) is 18.9 Å². The van der Waals surface area contributed by atoms with Gasteiger partial charge in [-0.25, -0.2) is 4.79 Å². The van der Waals surface area contributed by atoms with E-state index in [-0.39, 0.29) is 12.0 Å². The molecule has 1 aromatic heterocycles. The van der Waals surface area contributed by atoms with Crippen LogP contribution in [0, 0.1) is 5.92 Å². The van der Waals surface area contributed by atoms with Crippen molar-refractivity contribution >= 4 is 5.97 Å². The third-order valence-electron chi connectivity index (χ3n) is 2.68. The molecule has 0 bridgehead atoms. The quantitative estimate of drug-likeness (QED) is 0.756. The summed E-state index contributed by atoms with van der Waals surface area (Å²) in [7, 11) is 1.35. The minimum atomic E-state index is -0.367. The molecule has 0 radical (unpaired) electrons. The molecule has 1 fully saturated rings. The van der Waals surface area contributed by atoms with E-state index in [1.54, 1.807) is 12.1 Å². The molecular weight excluding hydrogens is 192 g/mol. The van der Waals surface area contributed by atoms with Gasteiger partial charge >= 0.3 is 5.97 Å². The van der Waals surface area contributed by atoms with Gasteiger partial charge < -0.3 is 10.5 Å². The molecule has 0 amide bonds. The second-order valence-electron chi connectivity index (χ2n) is 3.83. The molecule has 1 aromatic rings. The van der Waals surface area contributed by atoms with Gasteiger partial charge in [-0.2, -0.15) is 0 Å². The Hall–Kier alpha value is -1.42. The summed E-state index contributed by atoms with van der Waals surface area (Å²) in [5, 5.41) is 0. The lowest BCUT2D eigenvalue weighted by atomic mass is 10.1. The van der Waals surface area contributed by atoms with Crippen LogP contribution in [0.2, 0.25) is 0 Å². The average molecular weight is 206 g/mol. The first-order valence-electron chi connectivity index (χ1n) is 5.02. The number of methoxy groups -OCH3 is 1. The zero-order valence-corrected chi connectivity index (χ0v) is 8.64. The van der Waals surface area contributed by atoms with Crippen LogP contribution < -0.4 is 5.73 Å². The highest BCUT2D eigenvalue weighted by atomic mass is 16.5. The average Bonchev–Trinajstić information content (AvgIpc) is 3.11. The van der Waals surface area contributed by atoms with Crippen molar-refractivity contribution in [1.29, 1.82) is 0 Å². The number of esters is 1. The number of aromatic nitrogens is 1. The molecule has 0 aromatic carbocycles. The Kier molecular flexibility index (Phi) is 2.68. The second-order valence-corrected chi connectivity index (χ2v) is 3.83. The van der Waals surface area contributed by atoms with Gasteiger partial charge in [0.15, 0.2) is 0 Å². The van der Waals surface area contributed by atoms with Gasteiger partial charge in [0.1, 0.15) is 0 Å². The maximum absolute atomic E-state index is 11.1. The molecule has 4 heteroatoms. The summed E-state index contributed by atoms with van der Waals surface area (Å²) in [5.41, 5.74) is 7.29. The monoisotopic (exact) mass is 206 g/mol. The maximum Gasteiger partial charge on any atom is 0.339 e. The van der Waals surface area contributed by atoms with Crippen LogP contribution in [0.1, 0.15) is 34.9 Å². The van der Waals surface area contributed by atoms with Crippen LogP contribution in [-0.2, 0) is 4.74 Å². The number of hydrogen-bond donors (Lipinski definition) is 1. The number of pyridine rings is 1. The Morgan fingerprint density at radius 1 is 1.60 bits per heavy atom. The van der Waals surface area contributed by atoms with E-state index in [0.717, 1.165) is 5.69 Å². The van der Waals surface area contributed by atoms with Gasteiger partial charge in [-0.15, -0.1) is 0 Å². The topological polar surface area (TPSA) is 65.2 Å². The number of rotatable bonds is 3. The van der Waals surface area contributed by atoms with E-state index in [0.29, 0.717) is 11.5 Å². The van der Waals surface area contributed by atoms with Gasteiger partial charge in [0.25, 0.3) is 0 Å². The lowest BCUT2D eigenvalue weighted by Crippen LogP contribution is -2.14. The zero-order valence-electron chi connectivity index (χ0n) is 8.64. The van der Waals surface area contributed by atoms with Crippen LogP contribution in [0.25, 0.3) is 0 Å². The molecule has 0 saturated heterocycles. The summed E-state index contributed by atoms with van der Waals surface area (Å²) >= 11 is 0. The van der Waals surface area contributed by atoms with Gasteiger partial charge in [0, 0.05) is 12.2 Å². The smallest absolute Gasteiger partial charge is 0.339 e. The first-order chi connectivity index (χ1) is 7.22. The molecule has 2 N–H and O–H groups in total. The van der Waals surface area contributed by atoms with Crippen molar-refractivity contribution < 1.29 is 9.53 Å². The van der Waals surface area contributed by atoms with E-state index in [1.807, 2.05) is 0 Å². The first kappa shape index (κ1) is 10.1. The van der Waals surface area contributed by atoms with Crippen molar-refractivity contribution in [1.82, 2.24) is 4.98 Å². The van der Waals surface area contributed by atoms with Crippen molar-refractivity contribution in [2.24, 2.45) is 11.7 Å². The van der Waals surface area contributed by atoms with Crippen LogP contribution in [-0.4, -0.2) is 18.1 Å². The highest BCUT2D eigenvalue weighted by Crippen LogP contribution is 2.38. The van der Waals surface area contributed by atoms with Crippen LogP contribution in [0.3, 0.4) is 0 Å². The van der Waals surface area contributed by atoms with E-state index >= 15 is 0 Å². The van der Waals surface area contributed by atoms with Gasteiger partial charge in [-0.3, -0.25) is 4.98 Å². The Balaban J connectivity index is 2.12. The minimum absolute atomic E-state index is 0.0108. The lowest BCUT2D eigenvalue weighted by molar-refractivity contribution is 0.0600. The highest BCUT2D eigenvalue weighted by Gasteiger charge is 2.30. The van der Waals surface area contributed by atoms with Crippen LogP contribution >= 0.6 is 0 Å². The first-order valence-corrected chi connectivity index (χ1v) is 5.02. The molecule has 0 aliphatic heterocycles. The molecule has 1 saturated carbocycles. The normalized spacial score (nSPS) is 17.2. The number of carbonyl (C=O) groups is 1. The third kappa shape index (κ3) is 2.15. The second kappa shape index (κ2) is 3.98. The molecule has 80 valence electrons. The Morgan fingerprint density at radius 3 is 2.80 bits per heavy atom. The van der Waals surface area contributed by atoms with E-state index < -0.39 is 0 Å². The fourth-order valence-corrected chi connectivity index (χ4v) is 1.54. The number of nitrogens with two attached hydrogens (primary N) is 1. The molecular formula is C11H14N2O2. The van der Waals surface area contributed by atoms with Crippen LogP contribution in [0.5, 0.6) is 0 Å². The zero-order chi connectivity index (χ0) is 10.8. The fourth-order valence-electron chi connectivity index (χ4n) is 1.54. The Bertz CT molecular complexity index is 357. The molecule has 1 aliphatic rings. The largest absolute Gasteiger partial charge is 0.465 e. The molecule has 4 nitrogen and oxygen atoms in total. The van der Waals surface area contributed by atoms with Crippen LogP contribution in [0.15, 0.2) is 18.3 Å². The summed E-state index contributed by atoms with van der Waals surface area (Å²) < 4.78 is 4.59. The lowest BCUT2D eigenvalue weighted by Gasteiger charge is -2.09. The van der Waals surface area contributed by atoms with Crippen molar-refractivity contribution in [3.8, 4) is 0 Å². The molecule has 1 aliphatic carbocycles. The molecule has 0 spiro atoms. The molecule has 2 rings (SSSR count). The third-order valence-corrected chi connectivity index (χ3v) is 2.68. The van der Waals surface area contributed by atoms with Crippen molar-refractivity contribution in [2.75, 3.05) is 7.11 Å². The van der Waals surface area contributed by atoms with Crippen LogP contribution in [0.4, 0.5) is 0 Å². The summed E-state index contributed by atoms with van der Waals surface area (Å²) in [6.07, 6.45) is 3.88. The van der Waals surface area contributed by atoms with Gasteiger partial charge in [0.2, 0.25) is 0 Å².